The van der Waals surface area contributed by atoms with Gasteiger partial charge in [-0.25, -0.2) is 4.57 Å². The van der Waals surface area contributed by atoms with Crippen molar-refractivity contribution in [3.8, 4) is 0 Å². The van der Waals surface area contributed by atoms with Crippen molar-refractivity contribution in [3.63, 3.8) is 0 Å². The van der Waals surface area contributed by atoms with E-state index >= 15 is 0 Å². The Hall–Kier alpha value is 0.840. The molecule has 0 heterocycles. The van der Waals surface area contributed by atoms with Gasteiger partial charge in [-0.3, -0.25) is 4.52 Å². The largest absolute Gasteiger partial charge is 0.469 e. The minimum Gasteiger partial charge on any atom is -0.303 e. The smallest absolute Gasteiger partial charge is 0.303 e. The number of alkyl halides is 1. The second kappa shape index (κ2) is 17.7. The van der Waals surface area contributed by atoms with Crippen LogP contribution in [-0.4, -0.2) is 20.8 Å². The highest BCUT2D eigenvalue weighted by Crippen LogP contribution is 2.35. The van der Waals surface area contributed by atoms with Gasteiger partial charge in [0.15, 0.2) is 0 Å². The molecule has 0 aliphatic heterocycles. The van der Waals surface area contributed by atoms with Crippen molar-refractivity contribution in [2.24, 2.45) is 0 Å². The molecule has 0 aromatic heterocycles. The first-order valence-corrected chi connectivity index (χ1v) is 12.4. The zero-order chi connectivity index (χ0) is 17.2. The maximum atomic E-state index is 10.5. The van der Waals surface area contributed by atoms with Gasteiger partial charge in [-0.2, -0.15) is 0 Å². The fourth-order valence-corrected chi connectivity index (χ4v) is 3.58. The Morgan fingerprint density at radius 2 is 0.913 bits per heavy atom. The summed E-state index contributed by atoms with van der Waals surface area (Å²) in [5.41, 5.74) is 0. The number of rotatable bonds is 18. The molecule has 0 saturated carbocycles. The maximum absolute atomic E-state index is 10.5. The molecule has 0 aromatic carbocycles. The maximum Gasteiger partial charge on any atom is 0.469 e. The van der Waals surface area contributed by atoms with Crippen LogP contribution in [0.5, 0.6) is 0 Å². The Morgan fingerprint density at radius 1 is 0.609 bits per heavy atom. The molecular weight excluding hydrogens is 426 g/mol. The predicted molar refractivity (Wildman–Crippen MR) is 106 cm³/mol. The van der Waals surface area contributed by atoms with Crippen LogP contribution in [0.15, 0.2) is 0 Å². The Morgan fingerprint density at radius 3 is 1.22 bits per heavy atom. The lowest BCUT2D eigenvalue weighted by Gasteiger charge is -2.05. The Labute approximate surface area is 156 Å². The lowest BCUT2D eigenvalue weighted by atomic mass is 10.0. The Balaban J connectivity index is 3.01. The summed E-state index contributed by atoms with van der Waals surface area (Å²) in [7, 11) is -4.26. The monoisotopic (exact) mass is 462 g/mol. The number of phosphoric acid groups is 1. The first kappa shape index (κ1) is 23.8. The summed E-state index contributed by atoms with van der Waals surface area (Å²) in [5, 5.41) is 0. The molecule has 0 fully saturated rings. The average molecular weight is 462 g/mol. The Kier molecular flexibility index (Phi) is 18.3. The lowest BCUT2D eigenvalue weighted by molar-refractivity contribution is 0.193. The van der Waals surface area contributed by atoms with E-state index in [9.17, 15) is 4.57 Å². The van der Waals surface area contributed by atoms with Crippen LogP contribution in [0.25, 0.3) is 0 Å². The first-order valence-electron chi connectivity index (χ1n) is 9.32. The fraction of sp³-hybridized carbons (Fsp3) is 1.00. The molecule has 0 spiro atoms. The highest BCUT2D eigenvalue weighted by molar-refractivity contribution is 14.1. The molecule has 0 aliphatic rings. The van der Waals surface area contributed by atoms with Crippen molar-refractivity contribution in [3.05, 3.63) is 0 Å². The van der Waals surface area contributed by atoms with E-state index in [2.05, 4.69) is 27.1 Å². The van der Waals surface area contributed by atoms with E-state index in [1.54, 1.807) is 0 Å². The van der Waals surface area contributed by atoms with E-state index in [1.807, 2.05) is 0 Å². The summed E-state index contributed by atoms with van der Waals surface area (Å²) in [5.74, 6) is 0. The highest BCUT2D eigenvalue weighted by Gasteiger charge is 2.12. The molecule has 0 bridgehead atoms. The highest BCUT2D eigenvalue weighted by atomic mass is 127. The van der Waals surface area contributed by atoms with Crippen molar-refractivity contribution in [1.29, 1.82) is 0 Å². The number of hydrogen-bond donors (Lipinski definition) is 2. The van der Waals surface area contributed by atoms with Crippen molar-refractivity contribution in [2.45, 2.75) is 96.3 Å². The summed E-state index contributed by atoms with van der Waals surface area (Å²) in [6, 6.07) is 0. The van der Waals surface area contributed by atoms with Gasteiger partial charge in [0.2, 0.25) is 0 Å². The van der Waals surface area contributed by atoms with Gasteiger partial charge in [-0.1, -0.05) is 106 Å². The predicted octanol–water partition coefficient (Wildman–Crippen LogP) is 6.38. The van der Waals surface area contributed by atoms with Gasteiger partial charge in [-0.15, -0.1) is 0 Å². The van der Waals surface area contributed by atoms with E-state index in [-0.39, 0.29) is 6.61 Å². The van der Waals surface area contributed by atoms with Crippen molar-refractivity contribution >= 4 is 30.4 Å². The van der Waals surface area contributed by atoms with Crippen molar-refractivity contribution < 1.29 is 18.9 Å². The summed E-state index contributed by atoms with van der Waals surface area (Å²) in [6.45, 7) is 0.169. The third-order valence-electron chi connectivity index (χ3n) is 4.04. The molecule has 0 aliphatic carbocycles. The van der Waals surface area contributed by atoms with Gasteiger partial charge >= 0.3 is 7.82 Å². The van der Waals surface area contributed by atoms with E-state index in [0.717, 1.165) is 19.3 Å². The number of unbranched alkanes of at least 4 members (excludes halogenated alkanes) is 14. The first-order chi connectivity index (χ1) is 11.1. The molecule has 6 heteroatoms. The van der Waals surface area contributed by atoms with E-state index < -0.39 is 7.82 Å². The number of phosphoric ester groups is 1. The van der Waals surface area contributed by atoms with Gasteiger partial charge < -0.3 is 9.79 Å². The second-order valence-corrected chi connectivity index (χ2v) is 8.63. The zero-order valence-electron chi connectivity index (χ0n) is 14.6. The third kappa shape index (κ3) is 22.8. The summed E-state index contributed by atoms with van der Waals surface area (Å²) < 4.78 is 16.2. The van der Waals surface area contributed by atoms with Crippen LogP contribution in [0.1, 0.15) is 96.3 Å². The number of hydrogen-bond acceptors (Lipinski definition) is 2. The van der Waals surface area contributed by atoms with Gasteiger partial charge in [0.1, 0.15) is 0 Å². The van der Waals surface area contributed by atoms with Gasteiger partial charge in [0, 0.05) is 0 Å². The van der Waals surface area contributed by atoms with Crippen LogP contribution in [0.4, 0.5) is 0 Å². The summed E-state index contributed by atoms with van der Waals surface area (Å²) >= 11 is 2.46. The molecule has 0 atom stereocenters. The van der Waals surface area contributed by atoms with Gasteiger partial charge in [0.25, 0.3) is 0 Å². The molecule has 0 radical (unpaired) electrons. The minimum atomic E-state index is -4.26. The van der Waals surface area contributed by atoms with E-state index in [4.69, 9.17) is 9.79 Å². The molecule has 0 rings (SSSR count). The number of halogens is 1. The quantitative estimate of drug-likeness (QED) is 0.107. The van der Waals surface area contributed by atoms with Crippen molar-refractivity contribution in [1.82, 2.24) is 0 Å². The molecule has 4 nitrogen and oxygen atoms in total. The standard InChI is InChI=1S/C17H36IO4P/c18-16-14-12-10-8-6-4-2-1-3-5-7-9-11-13-15-17-22-23(19,20)21/h1-17H2,(H2,19,20,21). The van der Waals surface area contributed by atoms with Crippen LogP contribution in [-0.2, 0) is 9.09 Å². The fourth-order valence-electron chi connectivity index (χ4n) is 2.68. The third-order valence-corrected chi connectivity index (χ3v) is 5.32. The molecule has 0 aromatic rings. The van der Waals surface area contributed by atoms with Crippen molar-refractivity contribution in [2.75, 3.05) is 11.0 Å². The lowest BCUT2D eigenvalue weighted by Crippen LogP contribution is -1.92. The average Bonchev–Trinajstić information content (AvgIpc) is 2.49. The molecule has 140 valence electrons. The summed E-state index contributed by atoms with van der Waals surface area (Å²) in [6.07, 6.45) is 19.3. The van der Waals surface area contributed by atoms with E-state index in [1.165, 1.54) is 81.5 Å². The Bertz CT molecular complexity index is 284. The minimum absolute atomic E-state index is 0.169. The van der Waals surface area contributed by atoms with Gasteiger partial charge in [-0.05, 0) is 17.3 Å². The molecule has 0 amide bonds. The molecular formula is C17H36IO4P. The second-order valence-electron chi connectivity index (χ2n) is 6.32. The van der Waals surface area contributed by atoms with Crippen LogP contribution < -0.4 is 0 Å². The zero-order valence-corrected chi connectivity index (χ0v) is 17.6. The molecule has 2 N–H and O–H groups in total. The van der Waals surface area contributed by atoms with Crippen LogP contribution >= 0.6 is 30.4 Å². The summed E-state index contributed by atoms with van der Waals surface area (Å²) in [4.78, 5) is 17.1. The molecule has 0 unspecified atom stereocenters. The van der Waals surface area contributed by atoms with Gasteiger partial charge in [0.05, 0.1) is 6.61 Å². The van der Waals surface area contributed by atoms with Crippen LogP contribution in [0.2, 0.25) is 0 Å². The van der Waals surface area contributed by atoms with Crippen LogP contribution in [0, 0.1) is 0 Å². The SMILES string of the molecule is O=P(O)(O)OCCCCCCCCCCCCCCCCCI. The van der Waals surface area contributed by atoms with E-state index in [0.29, 0.717) is 0 Å². The topological polar surface area (TPSA) is 66.8 Å². The normalized spacial score (nSPS) is 12.0. The molecule has 0 saturated heterocycles. The van der Waals surface area contributed by atoms with Crippen LogP contribution in [0.3, 0.4) is 0 Å². The molecule has 23 heavy (non-hydrogen) atoms.